The van der Waals surface area contributed by atoms with Crippen LogP contribution in [-0.4, -0.2) is 35.1 Å². The zero-order chi connectivity index (χ0) is 9.56. The Labute approximate surface area is 74.4 Å². The molecule has 0 heterocycles. The van der Waals surface area contributed by atoms with Crippen molar-refractivity contribution in [1.82, 2.24) is 4.90 Å². The molecule has 0 saturated carbocycles. The molecule has 0 radical (unpaired) electrons. The molecule has 0 aromatic carbocycles. The lowest BCUT2D eigenvalue weighted by molar-refractivity contribution is -0.140. The molecule has 1 unspecified atom stereocenters. The summed E-state index contributed by atoms with van der Waals surface area (Å²) in [6.07, 6.45) is 0.610. The van der Waals surface area contributed by atoms with Crippen LogP contribution in [-0.2, 0) is 4.79 Å². The molecule has 0 aliphatic heterocycles. The van der Waals surface area contributed by atoms with E-state index in [2.05, 4.69) is 0 Å². The van der Waals surface area contributed by atoms with E-state index in [4.69, 9.17) is 0 Å². The van der Waals surface area contributed by atoms with Crippen molar-refractivity contribution in [3.05, 3.63) is 0 Å². The van der Waals surface area contributed by atoms with Crippen LogP contribution in [0, 0.1) is 0 Å². The van der Waals surface area contributed by atoms with Crippen molar-refractivity contribution in [1.29, 1.82) is 0 Å². The number of aliphatic hydroxyl groups is 1. The van der Waals surface area contributed by atoms with E-state index in [0.29, 0.717) is 19.5 Å². The van der Waals surface area contributed by atoms with Gasteiger partial charge in [-0.05, 0) is 20.3 Å². The van der Waals surface area contributed by atoms with Crippen LogP contribution in [0.25, 0.3) is 0 Å². The van der Waals surface area contributed by atoms with Gasteiger partial charge in [0, 0.05) is 13.1 Å². The van der Waals surface area contributed by atoms with Gasteiger partial charge in [0.2, 0.25) is 0 Å². The van der Waals surface area contributed by atoms with Crippen molar-refractivity contribution in [3.63, 3.8) is 0 Å². The maximum Gasteiger partial charge on any atom is 0.251 e. The molecule has 0 aliphatic rings. The summed E-state index contributed by atoms with van der Waals surface area (Å²) in [5, 5.41) is 9.36. The third-order valence-electron chi connectivity index (χ3n) is 1.92. The smallest absolute Gasteiger partial charge is 0.251 e. The molecule has 0 aromatic rings. The number of amides is 1. The van der Waals surface area contributed by atoms with E-state index in [9.17, 15) is 9.90 Å². The minimum absolute atomic E-state index is 0.137. The van der Waals surface area contributed by atoms with Gasteiger partial charge in [0.05, 0.1) is 0 Å². The van der Waals surface area contributed by atoms with Crippen molar-refractivity contribution in [2.24, 2.45) is 0 Å². The molecule has 0 fully saturated rings. The van der Waals surface area contributed by atoms with Crippen molar-refractivity contribution in [2.75, 3.05) is 13.1 Å². The van der Waals surface area contributed by atoms with Gasteiger partial charge in [0.1, 0.15) is 6.10 Å². The summed E-state index contributed by atoms with van der Waals surface area (Å²) >= 11 is 0. The van der Waals surface area contributed by atoms with Gasteiger partial charge in [0.25, 0.3) is 5.91 Å². The van der Waals surface area contributed by atoms with Gasteiger partial charge in [-0.25, -0.2) is 0 Å². The molecule has 1 N–H and O–H groups in total. The first-order valence-corrected chi connectivity index (χ1v) is 4.64. The van der Waals surface area contributed by atoms with Crippen molar-refractivity contribution >= 4 is 5.91 Å². The van der Waals surface area contributed by atoms with Gasteiger partial charge < -0.3 is 10.0 Å². The third kappa shape index (κ3) is 3.22. The van der Waals surface area contributed by atoms with Crippen LogP contribution >= 0.6 is 0 Å². The van der Waals surface area contributed by atoms with Crippen molar-refractivity contribution in [2.45, 2.75) is 39.7 Å². The van der Waals surface area contributed by atoms with E-state index >= 15 is 0 Å². The summed E-state index contributed by atoms with van der Waals surface area (Å²) in [6.45, 7) is 7.14. The summed E-state index contributed by atoms with van der Waals surface area (Å²) in [7, 11) is 0. The SMILES string of the molecule is CCCC(O)C(=O)N(CC)CC. The summed E-state index contributed by atoms with van der Waals surface area (Å²) in [6, 6.07) is 0. The average molecular weight is 173 g/mol. The summed E-state index contributed by atoms with van der Waals surface area (Å²) in [5.74, 6) is -0.137. The minimum atomic E-state index is -0.796. The molecule has 0 saturated heterocycles. The van der Waals surface area contributed by atoms with Crippen LogP contribution < -0.4 is 0 Å². The van der Waals surface area contributed by atoms with Gasteiger partial charge in [-0.2, -0.15) is 0 Å². The zero-order valence-electron chi connectivity index (χ0n) is 8.21. The van der Waals surface area contributed by atoms with Crippen LogP contribution in [0.3, 0.4) is 0 Å². The number of rotatable bonds is 5. The number of carbonyl (C=O) groups excluding carboxylic acids is 1. The largest absolute Gasteiger partial charge is 0.383 e. The lowest BCUT2D eigenvalue weighted by atomic mass is 10.2. The van der Waals surface area contributed by atoms with E-state index in [0.717, 1.165) is 6.42 Å². The first kappa shape index (κ1) is 11.4. The monoisotopic (exact) mass is 173 g/mol. The molecule has 1 atom stereocenters. The lowest BCUT2D eigenvalue weighted by Crippen LogP contribution is -2.38. The highest BCUT2D eigenvalue weighted by atomic mass is 16.3. The van der Waals surface area contributed by atoms with Gasteiger partial charge in [-0.3, -0.25) is 4.79 Å². The Morgan fingerprint density at radius 1 is 1.33 bits per heavy atom. The van der Waals surface area contributed by atoms with E-state index in [1.807, 2.05) is 20.8 Å². The predicted octanol–water partition coefficient (Wildman–Crippen LogP) is 1.02. The van der Waals surface area contributed by atoms with Gasteiger partial charge in [-0.1, -0.05) is 13.3 Å². The molecule has 0 spiro atoms. The number of hydrogen-bond donors (Lipinski definition) is 1. The number of aliphatic hydroxyl groups excluding tert-OH is 1. The molecule has 0 aromatic heterocycles. The molecule has 72 valence electrons. The Morgan fingerprint density at radius 2 is 1.83 bits per heavy atom. The van der Waals surface area contributed by atoms with Crippen LogP contribution in [0.15, 0.2) is 0 Å². The predicted molar refractivity (Wildman–Crippen MR) is 48.8 cm³/mol. The molecule has 0 aliphatic carbocycles. The average Bonchev–Trinajstić information content (AvgIpc) is 2.07. The zero-order valence-corrected chi connectivity index (χ0v) is 8.21. The molecule has 1 amide bonds. The maximum absolute atomic E-state index is 11.4. The Kier molecular flexibility index (Phi) is 5.72. The maximum atomic E-state index is 11.4. The van der Waals surface area contributed by atoms with Crippen LogP contribution in [0.4, 0.5) is 0 Å². The Balaban J connectivity index is 3.97. The number of likely N-dealkylation sites (N-methyl/N-ethyl adjacent to an activating group) is 1. The number of hydrogen-bond acceptors (Lipinski definition) is 2. The molecule has 3 nitrogen and oxygen atoms in total. The van der Waals surface area contributed by atoms with Gasteiger partial charge in [0.15, 0.2) is 0 Å². The quantitative estimate of drug-likeness (QED) is 0.674. The third-order valence-corrected chi connectivity index (χ3v) is 1.92. The fraction of sp³-hybridized carbons (Fsp3) is 0.889. The van der Waals surface area contributed by atoms with Crippen molar-refractivity contribution in [3.8, 4) is 0 Å². The molecule has 3 heteroatoms. The van der Waals surface area contributed by atoms with Crippen LogP contribution in [0.1, 0.15) is 33.6 Å². The first-order chi connectivity index (χ1) is 5.67. The van der Waals surface area contributed by atoms with Crippen molar-refractivity contribution < 1.29 is 9.90 Å². The highest BCUT2D eigenvalue weighted by Crippen LogP contribution is 2.01. The first-order valence-electron chi connectivity index (χ1n) is 4.64. The Morgan fingerprint density at radius 3 is 2.17 bits per heavy atom. The summed E-state index contributed by atoms with van der Waals surface area (Å²) in [4.78, 5) is 13.0. The van der Waals surface area contributed by atoms with Crippen LogP contribution in [0.5, 0.6) is 0 Å². The Bertz CT molecular complexity index is 132. The highest BCUT2D eigenvalue weighted by Gasteiger charge is 2.18. The van der Waals surface area contributed by atoms with Gasteiger partial charge in [-0.15, -0.1) is 0 Å². The molecule has 12 heavy (non-hydrogen) atoms. The summed E-state index contributed by atoms with van der Waals surface area (Å²) in [5.41, 5.74) is 0. The number of nitrogens with zero attached hydrogens (tertiary/aromatic N) is 1. The molecule has 0 bridgehead atoms. The second-order valence-corrected chi connectivity index (χ2v) is 2.82. The fourth-order valence-electron chi connectivity index (χ4n) is 1.14. The van der Waals surface area contributed by atoms with E-state index < -0.39 is 6.10 Å². The molecule has 0 rings (SSSR count). The van der Waals surface area contributed by atoms with E-state index in [1.165, 1.54) is 0 Å². The highest BCUT2D eigenvalue weighted by molar-refractivity contribution is 5.80. The van der Waals surface area contributed by atoms with Crippen LogP contribution in [0.2, 0.25) is 0 Å². The van der Waals surface area contributed by atoms with E-state index in [-0.39, 0.29) is 5.91 Å². The second-order valence-electron chi connectivity index (χ2n) is 2.82. The normalized spacial score (nSPS) is 12.7. The topological polar surface area (TPSA) is 40.5 Å². The minimum Gasteiger partial charge on any atom is -0.383 e. The summed E-state index contributed by atoms with van der Waals surface area (Å²) < 4.78 is 0. The fourth-order valence-corrected chi connectivity index (χ4v) is 1.14. The standard InChI is InChI=1S/C9H19NO2/c1-4-7-8(11)9(12)10(5-2)6-3/h8,11H,4-7H2,1-3H3. The molecular weight excluding hydrogens is 154 g/mol. The Hall–Kier alpha value is -0.570. The van der Waals surface area contributed by atoms with Gasteiger partial charge >= 0.3 is 0 Å². The molecular formula is C9H19NO2. The second kappa shape index (κ2) is 6.00. The van der Waals surface area contributed by atoms with E-state index in [1.54, 1.807) is 4.90 Å². The lowest BCUT2D eigenvalue weighted by Gasteiger charge is -2.21. The number of carbonyl (C=O) groups is 1.